The summed E-state index contributed by atoms with van der Waals surface area (Å²) in [6.45, 7) is 0.996. The van der Waals surface area contributed by atoms with Gasteiger partial charge in [-0.1, -0.05) is 49.6 Å². The molecule has 1 aromatic heterocycles. The van der Waals surface area contributed by atoms with Gasteiger partial charge in [0.15, 0.2) is 0 Å². The number of hydrogen-bond donors (Lipinski definition) is 2. The maximum atomic E-state index is 14.1. The Hall–Kier alpha value is -3.63. The van der Waals surface area contributed by atoms with Gasteiger partial charge in [0.25, 0.3) is 0 Å². The van der Waals surface area contributed by atoms with E-state index in [1.54, 1.807) is 17.0 Å². The highest BCUT2D eigenvalue weighted by Gasteiger charge is 2.52. The zero-order valence-electron chi connectivity index (χ0n) is 21.9. The van der Waals surface area contributed by atoms with Crippen molar-refractivity contribution in [3.63, 3.8) is 0 Å². The van der Waals surface area contributed by atoms with Gasteiger partial charge in [-0.3, -0.25) is 9.59 Å². The number of carbonyl (C=O) groups is 2. The molecule has 0 aliphatic heterocycles. The van der Waals surface area contributed by atoms with Crippen molar-refractivity contribution >= 4 is 22.7 Å². The van der Waals surface area contributed by atoms with E-state index in [0.717, 1.165) is 48.6 Å². The predicted molar refractivity (Wildman–Crippen MR) is 145 cm³/mol. The van der Waals surface area contributed by atoms with Gasteiger partial charge < -0.3 is 20.5 Å². The molecule has 1 aliphatic carbocycles. The minimum absolute atomic E-state index is 0.0779. The molecular weight excluding hydrogens is 462 g/mol. The maximum Gasteiger partial charge on any atom is 0.248 e. The maximum absolute atomic E-state index is 14.1. The fourth-order valence-electron chi connectivity index (χ4n) is 5.92. The van der Waals surface area contributed by atoms with E-state index >= 15 is 0 Å². The Balaban J connectivity index is 1.75. The van der Waals surface area contributed by atoms with E-state index in [9.17, 15) is 14.9 Å². The summed E-state index contributed by atoms with van der Waals surface area (Å²) in [4.78, 5) is 34.8. The molecule has 3 N–H and O–H groups in total. The first kappa shape index (κ1) is 26.4. The molecule has 3 aromatic rings. The smallest absolute Gasteiger partial charge is 0.248 e. The van der Waals surface area contributed by atoms with Gasteiger partial charge in [0.2, 0.25) is 11.8 Å². The van der Waals surface area contributed by atoms with Crippen LogP contribution in [0.5, 0.6) is 0 Å². The first-order valence-corrected chi connectivity index (χ1v) is 13.2. The number of carbonyl (C=O) groups excluding carboxylic acids is 2. The Bertz CT molecular complexity index is 1270. The van der Waals surface area contributed by atoms with Crippen LogP contribution in [0.15, 0.2) is 54.7 Å². The van der Waals surface area contributed by atoms with E-state index in [0.29, 0.717) is 30.6 Å². The highest BCUT2D eigenvalue weighted by molar-refractivity contribution is 5.92. The molecule has 1 saturated carbocycles. The van der Waals surface area contributed by atoms with Crippen molar-refractivity contribution in [2.75, 3.05) is 27.2 Å². The fraction of sp³-hybridized carbons (Fsp3) is 0.433. The number of benzene rings is 2. The van der Waals surface area contributed by atoms with Crippen LogP contribution in [0.2, 0.25) is 0 Å². The van der Waals surface area contributed by atoms with Crippen molar-refractivity contribution in [3.05, 3.63) is 71.4 Å². The van der Waals surface area contributed by atoms with Crippen LogP contribution in [0, 0.1) is 17.2 Å². The fourth-order valence-corrected chi connectivity index (χ4v) is 5.92. The number of amides is 2. The zero-order valence-corrected chi connectivity index (χ0v) is 21.9. The summed E-state index contributed by atoms with van der Waals surface area (Å²) in [6, 6.07) is 17.3. The number of hydrogen-bond acceptors (Lipinski definition) is 4. The van der Waals surface area contributed by atoms with E-state index in [-0.39, 0.29) is 18.2 Å². The molecule has 1 atom stereocenters. The lowest BCUT2D eigenvalue weighted by molar-refractivity contribution is -0.153. The van der Waals surface area contributed by atoms with Crippen molar-refractivity contribution in [3.8, 4) is 6.07 Å². The second kappa shape index (κ2) is 11.6. The topological polar surface area (TPSA) is 106 Å². The lowest BCUT2D eigenvalue weighted by atomic mass is 9.69. The summed E-state index contributed by atoms with van der Waals surface area (Å²) >= 11 is 0. The molecule has 0 bridgehead atoms. The quantitative estimate of drug-likeness (QED) is 0.433. The Kier molecular flexibility index (Phi) is 8.30. The summed E-state index contributed by atoms with van der Waals surface area (Å²) in [6.07, 6.45) is 7.58. The van der Waals surface area contributed by atoms with Crippen LogP contribution < -0.4 is 5.73 Å². The molecule has 1 fully saturated rings. The number of nitrogens with one attached hydrogen (secondary N) is 1. The predicted octanol–water partition coefficient (Wildman–Crippen LogP) is 4.32. The zero-order chi connectivity index (χ0) is 26.4. The number of primary amides is 1. The monoisotopic (exact) mass is 499 g/mol. The van der Waals surface area contributed by atoms with Crippen molar-refractivity contribution in [1.82, 2.24) is 14.8 Å². The third-order valence-corrected chi connectivity index (χ3v) is 7.81. The molecular formula is C30H37N5O2. The number of fused-ring (bicyclic) bond motifs is 1. The van der Waals surface area contributed by atoms with Crippen LogP contribution in [0.1, 0.15) is 55.2 Å². The molecule has 1 heterocycles. The highest BCUT2D eigenvalue weighted by Crippen LogP contribution is 2.44. The average molecular weight is 500 g/mol. The highest BCUT2D eigenvalue weighted by atomic mass is 16.2. The molecule has 0 saturated heterocycles. The summed E-state index contributed by atoms with van der Waals surface area (Å²) in [5, 5.41) is 10.5. The molecule has 0 radical (unpaired) electrons. The molecule has 2 amide bonds. The van der Waals surface area contributed by atoms with Gasteiger partial charge in [0.1, 0.15) is 5.54 Å². The second-order valence-electron chi connectivity index (χ2n) is 10.4. The number of nitriles is 1. The number of H-pyrrole nitrogens is 1. The lowest BCUT2D eigenvalue weighted by Gasteiger charge is -2.48. The molecule has 7 nitrogen and oxygen atoms in total. The van der Waals surface area contributed by atoms with E-state index in [2.05, 4.69) is 17.1 Å². The summed E-state index contributed by atoms with van der Waals surface area (Å²) < 4.78 is 0. The number of likely N-dealkylation sites (N-methyl/N-ethyl adjacent to an activating group) is 1. The third kappa shape index (κ3) is 5.40. The number of para-hydroxylation sites is 1. The summed E-state index contributed by atoms with van der Waals surface area (Å²) in [5.41, 5.74) is 8.37. The number of aromatic amines is 1. The molecule has 0 spiro atoms. The third-order valence-electron chi connectivity index (χ3n) is 7.81. The van der Waals surface area contributed by atoms with Crippen molar-refractivity contribution in [2.45, 2.75) is 50.5 Å². The van der Waals surface area contributed by atoms with Crippen molar-refractivity contribution in [1.29, 1.82) is 5.26 Å². The first-order valence-electron chi connectivity index (χ1n) is 13.2. The van der Waals surface area contributed by atoms with Crippen LogP contribution in [0.4, 0.5) is 0 Å². The van der Waals surface area contributed by atoms with Gasteiger partial charge in [-0.05, 0) is 68.6 Å². The van der Waals surface area contributed by atoms with Crippen LogP contribution in [0.3, 0.4) is 0 Å². The first-order chi connectivity index (χ1) is 17.9. The second-order valence-corrected chi connectivity index (χ2v) is 10.4. The van der Waals surface area contributed by atoms with Crippen LogP contribution in [-0.2, 0) is 21.5 Å². The molecule has 194 valence electrons. The van der Waals surface area contributed by atoms with Gasteiger partial charge in [-0.2, -0.15) is 5.26 Å². The molecule has 1 unspecified atom stereocenters. The number of nitrogens with zero attached hydrogens (tertiary/aromatic N) is 3. The normalized spacial score (nSPS) is 15.8. The Morgan fingerprint density at radius 1 is 1.05 bits per heavy atom. The van der Waals surface area contributed by atoms with Crippen molar-refractivity contribution < 1.29 is 9.59 Å². The number of aryl methyl sites for hydroxylation is 1. The number of aromatic nitrogens is 1. The molecule has 1 aliphatic rings. The van der Waals surface area contributed by atoms with Gasteiger partial charge in [-0.25, -0.2) is 0 Å². The molecule has 37 heavy (non-hydrogen) atoms. The van der Waals surface area contributed by atoms with Crippen LogP contribution >= 0.6 is 0 Å². The summed E-state index contributed by atoms with van der Waals surface area (Å²) in [5.74, 6) is -0.657. The van der Waals surface area contributed by atoms with Crippen LogP contribution in [0.25, 0.3) is 10.9 Å². The minimum Gasteiger partial charge on any atom is -0.367 e. The molecule has 7 heteroatoms. The lowest BCUT2D eigenvalue weighted by Crippen LogP contribution is -2.62. The summed E-state index contributed by atoms with van der Waals surface area (Å²) in [7, 11) is 3.92. The van der Waals surface area contributed by atoms with E-state index in [1.807, 2.05) is 55.5 Å². The van der Waals surface area contributed by atoms with Gasteiger partial charge >= 0.3 is 0 Å². The SMILES string of the molecule is CN(C)CCN(C(=O)CCc1c[nH]c2ccccc12)C(C(N)=O)(c1ccc(C#N)cc1)C1CCCCC1. The largest absolute Gasteiger partial charge is 0.367 e. The Morgan fingerprint density at radius 2 is 1.76 bits per heavy atom. The Labute approximate surface area is 219 Å². The van der Waals surface area contributed by atoms with Crippen LogP contribution in [-0.4, -0.2) is 53.8 Å². The Morgan fingerprint density at radius 3 is 2.41 bits per heavy atom. The van der Waals surface area contributed by atoms with E-state index < -0.39 is 11.4 Å². The molecule has 2 aromatic carbocycles. The van der Waals surface area contributed by atoms with E-state index in [1.165, 1.54) is 0 Å². The standard InChI is InChI=1S/C30H37N5O2/c1-34(2)18-19-35(28(36)17-14-23-21-33-27-11-7-6-10-26(23)27)30(29(32)37,24-8-4-3-5-9-24)25-15-12-22(20-31)13-16-25/h6-7,10-13,15-16,21,24,33H,3-5,8-9,14,17-19H2,1-2H3,(H2,32,37). The van der Waals surface area contributed by atoms with Gasteiger partial charge in [0.05, 0.1) is 11.6 Å². The van der Waals surface area contributed by atoms with Gasteiger partial charge in [-0.15, -0.1) is 0 Å². The molecule has 4 rings (SSSR count). The number of nitrogens with two attached hydrogens (primary N) is 1. The van der Waals surface area contributed by atoms with E-state index in [4.69, 9.17) is 5.73 Å². The average Bonchev–Trinajstić information content (AvgIpc) is 3.33. The minimum atomic E-state index is -1.26. The van der Waals surface area contributed by atoms with Gasteiger partial charge in [0, 0.05) is 36.6 Å². The number of rotatable bonds is 10. The van der Waals surface area contributed by atoms with Crippen molar-refractivity contribution in [2.24, 2.45) is 11.7 Å².